The van der Waals surface area contributed by atoms with Crippen LogP contribution in [-0.4, -0.2) is 11.8 Å². The van der Waals surface area contributed by atoms with Crippen LogP contribution in [0.1, 0.15) is 20.7 Å². The second-order valence-corrected chi connectivity index (χ2v) is 13.1. The summed E-state index contributed by atoms with van der Waals surface area (Å²) < 4.78 is 2.83. The average Bonchev–Trinajstić information content (AvgIpc) is 3.02. The van der Waals surface area contributed by atoms with Crippen LogP contribution >= 0.6 is 45.9 Å². The lowest BCUT2D eigenvalue weighted by Crippen LogP contribution is -2.12. The van der Waals surface area contributed by atoms with Gasteiger partial charge in [0.1, 0.15) is 0 Å². The van der Waals surface area contributed by atoms with Crippen LogP contribution in [0.15, 0.2) is 107 Å². The van der Waals surface area contributed by atoms with Crippen LogP contribution in [0.4, 0.5) is 11.4 Å². The monoisotopic (exact) mass is 652 g/mol. The Balaban J connectivity index is 1.26. The van der Waals surface area contributed by atoms with Gasteiger partial charge in [0, 0.05) is 72.9 Å². The molecule has 0 saturated carbocycles. The molecule has 0 aliphatic rings. The van der Waals surface area contributed by atoms with Gasteiger partial charge < -0.3 is 10.6 Å². The van der Waals surface area contributed by atoms with Gasteiger partial charge in [0.25, 0.3) is 11.8 Å². The highest BCUT2D eigenvalue weighted by Gasteiger charge is 2.15. The van der Waals surface area contributed by atoms with Gasteiger partial charge in [-0.05, 0) is 97.1 Å². The standard InChI is InChI=1S/C34H18Cl2N2O4S2/c35-19-5-1-17(2-6-19)33(41)37-21-9-11-27-23(13-21)31(39)25-15-30-26(16-29(25)43-27)32(40)24-14-22(10-12-28(24)44-30)38-34(42)18-3-7-20(36)8-4-18/h1-16H,(H,37,41)(H,38,42). The van der Waals surface area contributed by atoms with Gasteiger partial charge in [-0.1, -0.05) is 23.2 Å². The molecule has 0 bridgehead atoms. The summed E-state index contributed by atoms with van der Waals surface area (Å²) in [7, 11) is 0. The van der Waals surface area contributed by atoms with Gasteiger partial charge in [0.15, 0.2) is 10.9 Å². The molecule has 0 radical (unpaired) electrons. The van der Waals surface area contributed by atoms with E-state index in [1.807, 2.05) is 0 Å². The molecule has 6 nitrogen and oxygen atoms in total. The number of carbonyl (C=O) groups excluding carboxylic acids is 2. The van der Waals surface area contributed by atoms with Crippen molar-refractivity contribution in [1.82, 2.24) is 0 Å². The summed E-state index contributed by atoms with van der Waals surface area (Å²) in [6.45, 7) is 0. The number of anilines is 2. The molecule has 7 aromatic rings. The van der Waals surface area contributed by atoms with Crippen LogP contribution < -0.4 is 21.5 Å². The molecule has 0 aliphatic heterocycles. The van der Waals surface area contributed by atoms with Crippen molar-refractivity contribution in [3.8, 4) is 0 Å². The zero-order valence-corrected chi connectivity index (χ0v) is 25.6. The highest BCUT2D eigenvalue weighted by Crippen LogP contribution is 2.33. The normalized spacial score (nSPS) is 11.3. The van der Waals surface area contributed by atoms with Gasteiger partial charge in [-0.3, -0.25) is 19.2 Å². The molecule has 2 amide bonds. The molecule has 10 heteroatoms. The fraction of sp³-hybridized carbons (Fsp3) is 0. The molecule has 2 N–H and O–H groups in total. The van der Waals surface area contributed by atoms with Gasteiger partial charge in [0.2, 0.25) is 0 Å². The first kappa shape index (κ1) is 28.2. The fourth-order valence-electron chi connectivity index (χ4n) is 4.97. The number of hydrogen-bond donors (Lipinski definition) is 2. The minimum atomic E-state index is -0.312. The molecule has 0 aliphatic carbocycles. The Morgan fingerprint density at radius 2 is 0.841 bits per heavy atom. The predicted octanol–water partition coefficient (Wildman–Crippen LogP) is 8.95. The van der Waals surface area contributed by atoms with Crippen molar-refractivity contribution in [2.75, 3.05) is 10.6 Å². The van der Waals surface area contributed by atoms with Crippen LogP contribution in [0.25, 0.3) is 40.3 Å². The van der Waals surface area contributed by atoms with Crippen LogP contribution in [0, 0.1) is 0 Å². The second-order valence-electron chi connectivity index (χ2n) is 10.1. The Kier molecular flexibility index (Phi) is 7.14. The molecule has 0 fully saturated rings. The number of carbonyl (C=O) groups is 2. The minimum absolute atomic E-state index is 0.182. The summed E-state index contributed by atoms with van der Waals surface area (Å²) >= 11 is 14.7. The van der Waals surface area contributed by atoms with Gasteiger partial charge in [0.05, 0.1) is 0 Å². The van der Waals surface area contributed by atoms with Crippen LogP contribution in [-0.2, 0) is 0 Å². The maximum Gasteiger partial charge on any atom is 0.255 e. The fourth-order valence-corrected chi connectivity index (χ4v) is 7.37. The topological polar surface area (TPSA) is 92.3 Å². The van der Waals surface area contributed by atoms with E-state index in [0.717, 1.165) is 9.40 Å². The van der Waals surface area contributed by atoms with Crippen molar-refractivity contribution in [2.24, 2.45) is 0 Å². The van der Waals surface area contributed by atoms with E-state index < -0.39 is 0 Å². The van der Waals surface area contributed by atoms with Crippen molar-refractivity contribution in [1.29, 1.82) is 0 Å². The molecule has 44 heavy (non-hydrogen) atoms. The van der Waals surface area contributed by atoms with Crippen LogP contribution in [0.2, 0.25) is 10.0 Å². The van der Waals surface area contributed by atoms with Gasteiger partial charge in [-0.2, -0.15) is 0 Å². The van der Waals surface area contributed by atoms with Crippen molar-refractivity contribution in [3.05, 3.63) is 139 Å². The highest BCUT2D eigenvalue weighted by molar-refractivity contribution is 7.26. The molecule has 2 heterocycles. The number of fused-ring (bicyclic) bond motifs is 4. The smallest absolute Gasteiger partial charge is 0.255 e. The summed E-state index contributed by atoms with van der Waals surface area (Å²) in [6.07, 6.45) is 0. The molecule has 2 aromatic heterocycles. The summed E-state index contributed by atoms with van der Waals surface area (Å²) in [4.78, 5) is 52.8. The lowest BCUT2D eigenvalue weighted by Gasteiger charge is -2.09. The minimum Gasteiger partial charge on any atom is -0.322 e. The molecule has 0 spiro atoms. The van der Waals surface area contributed by atoms with E-state index in [2.05, 4.69) is 10.6 Å². The molecule has 214 valence electrons. The van der Waals surface area contributed by atoms with Gasteiger partial charge >= 0.3 is 0 Å². The zero-order valence-electron chi connectivity index (χ0n) is 22.4. The molecule has 7 rings (SSSR count). The zero-order chi connectivity index (χ0) is 30.5. The third kappa shape index (κ3) is 5.22. The van der Waals surface area contributed by atoms with Crippen molar-refractivity contribution in [2.45, 2.75) is 0 Å². The van der Waals surface area contributed by atoms with E-state index in [9.17, 15) is 19.2 Å². The average molecular weight is 654 g/mol. The van der Waals surface area contributed by atoms with Gasteiger partial charge in [-0.25, -0.2) is 0 Å². The quantitative estimate of drug-likeness (QED) is 0.186. The molecular formula is C34H18Cl2N2O4S2. The summed E-state index contributed by atoms with van der Waals surface area (Å²) in [5.41, 5.74) is 1.52. The third-order valence-corrected chi connectivity index (χ3v) is 9.96. The van der Waals surface area contributed by atoms with Crippen molar-refractivity contribution >= 4 is 109 Å². The van der Waals surface area contributed by atoms with E-state index in [-0.39, 0.29) is 22.7 Å². The number of benzene rings is 5. The van der Waals surface area contributed by atoms with Crippen LogP contribution in [0.3, 0.4) is 0 Å². The second kappa shape index (κ2) is 11.2. The van der Waals surface area contributed by atoms with E-state index >= 15 is 0 Å². The highest BCUT2D eigenvalue weighted by atomic mass is 35.5. The first-order chi connectivity index (χ1) is 21.2. The van der Waals surface area contributed by atoms with Crippen molar-refractivity contribution < 1.29 is 9.59 Å². The number of halogens is 2. The number of rotatable bonds is 4. The Hall–Kier alpha value is -4.60. The predicted molar refractivity (Wildman–Crippen MR) is 184 cm³/mol. The van der Waals surface area contributed by atoms with Crippen LogP contribution in [0.5, 0.6) is 0 Å². The Bertz CT molecular complexity index is 2260. The van der Waals surface area contributed by atoms with Gasteiger partial charge in [-0.15, -0.1) is 22.7 Å². The van der Waals surface area contributed by atoms with E-state index in [4.69, 9.17) is 23.2 Å². The first-order valence-corrected chi connectivity index (χ1v) is 15.7. The van der Waals surface area contributed by atoms with E-state index in [1.54, 1.807) is 97.1 Å². The first-order valence-electron chi connectivity index (χ1n) is 13.3. The number of amides is 2. The maximum atomic E-state index is 13.7. The Morgan fingerprint density at radius 3 is 1.23 bits per heavy atom. The van der Waals surface area contributed by atoms with E-state index in [0.29, 0.717) is 63.5 Å². The molecule has 0 unspecified atom stereocenters. The number of hydrogen-bond acceptors (Lipinski definition) is 6. The lowest BCUT2D eigenvalue weighted by atomic mass is 10.1. The molecular weight excluding hydrogens is 635 g/mol. The summed E-state index contributed by atoms with van der Waals surface area (Å²) in [5, 5.41) is 8.70. The molecule has 5 aromatic carbocycles. The SMILES string of the molecule is O=C(Nc1ccc2sc3cc4c(=O)c5cc(NC(=O)c6ccc(Cl)cc6)ccc5sc4cc3c(=O)c2c1)c1ccc(Cl)cc1. The molecule has 0 saturated heterocycles. The summed E-state index contributed by atoms with van der Waals surface area (Å²) in [6, 6.07) is 27.0. The van der Waals surface area contributed by atoms with E-state index in [1.165, 1.54) is 22.7 Å². The largest absolute Gasteiger partial charge is 0.322 e. The third-order valence-electron chi connectivity index (χ3n) is 7.19. The maximum absolute atomic E-state index is 13.7. The Morgan fingerprint density at radius 1 is 0.477 bits per heavy atom. The lowest BCUT2D eigenvalue weighted by molar-refractivity contribution is 0.101. The number of nitrogens with one attached hydrogen (secondary N) is 2. The Labute approximate surface area is 267 Å². The summed E-state index contributed by atoms with van der Waals surface area (Å²) in [5.74, 6) is -0.624. The molecule has 0 atom stereocenters. The van der Waals surface area contributed by atoms with Crippen molar-refractivity contribution in [3.63, 3.8) is 0 Å².